The molecule has 8 heavy (non-hydrogen) atoms. The third kappa shape index (κ3) is 9.07. The van der Waals surface area contributed by atoms with E-state index in [2.05, 4.69) is 0 Å². The monoisotopic (exact) mass is 160 g/mol. The molecule has 0 spiro atoms. The maximum atomic E-state index is 9.43. The van der Waals surface area contributed by atoms with E-state index in [1.807, 2.05) is 0 Å². The third-order valence-electron chi connectivity index (χ3n) is 0.302. The molecule has 0 rings (SSSR count). The van der Waals surface area contributed by atoms with E-state index in [0.717, 1.165) is 0 Å². The fraction of sp³-hybridized carbons (Fsp3) is 0.333. The molecule has 0 saturated carbocycles. The van der Waals surface area contributed by atoms with Gasteiger partial charge in [0.2, 0.25) is 0 Å². The molecule has 5 heteroatoms. The fourth-order valence-electron chi connectivity index (χ4n) is 0.129. The van der Waals surface area contributed by atoms with Gasteiger partial charge in [-0.3, -0.25) is 9.59 Å². The van der Waals surface area contributed by atoms with Crippen LogP contribution in [0.4, 0.5) is 0 Å². The standard InChI is InChI=1S/C3H4O4.Fe/c4-2(5)1-3(6)7;/h1H2,(H,4,5)(H,6,7);. The van der Waals surface area contributed by atoms with Gasteiger partial charge in [-0.15, -0.1) is 0 Å². The van der Waals surface area contributed by atoms with E-state index in [9.17, 15) is 9.59 Å². The topological polar surface area (TPSA) is 74.6 Å². The van der Waals surface area contributed by atoms with Gasteiger partial charge in [-0.1, -0.05) is 0 Å². The van der Waals surface area contributed by atoms with Crippen molar-refractivity contribution in [3.05, 3.63) is 0 Å². The molecule has 0 aliphatic rings. The number of aliphatic carboxylic acids is 2. The predicted molar refractivity (Wildman–Crippen MR) is 19.9 cm³/mol. The van der Waals surface area contributed by atoms with Crippen molar-refractivity contribution >= 4 is 11.9 Å². The molecule has 48 valence electrons. The Bertz CT molecular complexity index is 87.5. The van der Waals surface area contributed by atoms with Crippen molar-refractivity contribution in [2.24, 2.45) is 0 Å². The van der Waals surface area contributed by atoms with Crippen LogP contribution in [0.15, 0.2) is 0 Å². The van der Waals surface area contributed by atoms with Crippen molar-refractivity contribution in [1.29, 1.82) is 0 Å². The average Bonchev–Trinajstić information content (AvgIpc) is 1.27. The Kier molecular flexibility index (Phi) is 6.02. The van der Waals surface area contributed by atoms with Gasteiger partial charge in [0.1, 0.15) is 6.42 Å². The fourth-order valence-corrected chi connectivity index (χ4v) is 0.129. The number of carboxylic acid groups (broad SMARTS) is 2. The summed E-state index contributed by atoms with van der Waals surface area (Å²) < 4.78 is 0. The van der Waals surface area contributed by atoms with Gasteiger partial charge >= 0.3 is 11.9 Å². The van der Waals surface area contributed by atoms with Crippen molar-refractivity contribution < 1.29 is 36.9 Å². The molecule has 0 bridgehead atoms. The summed E-state index contributed by atoms with van der Waals surface area (Å²) in [5, 5.41) is 15.4. The van der Waals surface area contributed by atoms with E-state index >= 15 is 0 Å². The first-order chi connectivity index (χ1) is 3.13. The van der Waals surface area contributed by atoms with E-state index in [-0.39, 0.29) is 17.1 Å². The number of carboxylic acids is 2. The second-order valence-corrected chi connectivity index (χ2v) is 0.964. The van der Waals surface area contributed by atoms with Gasteiger partial charge < -0.3 is 10.2 Å². The van der Waals surface area contributed by atoms with E-state index in [0.29, 0.717) is 0 Å². The maximum absolute atomic E-state index is 9.43. The van der Waals surface area contributed by atoms with Crippen LogP contribution in [-0.4, -0.2) is 22.2 Å². The van der Waals surface area contributed by atoms with Crippen LogP contribution in [0, 0.1) is 0 Å². The van der Waals surface area contributed by atoms with Crippen LogP contribution in [0.3, 0.4) is 0 Å². The Labute approximate surface area is 56.0 Å². The van der Waals surface area contributed by atoms with Gasteiger partial charge in [0.15, 0.2) is 0 Å². The molecular formula is C3H4FeO4. The van der Waals surface area contributed by atoms with Crippen LogP contribution in [0.1, 0.15) is 6.42 Å². The molecule has 0 fully saturated rings. The number of carbonyl (C=O) groups is 2. The Balaban J connectivity index is 0. The summed E-state index contributed by atoms with van der Waals surface area (Å²) in [7, 11) is 0. The summed E-state index contributed by atoms with van der Waals surface area (Å²) in [6.07, 6.45) is -0.806. The molecule has 0 aliphatic heterocycles. The Morgan fingerprint density at radius 1 is 1.12 bits per heavy atom. The van der Waals surface area contributed by atoms with Gasteiger partial charge in [0.05, 0.1) is 0 Å². The number of rotatable bonds is 2. The van der Waals surface area contributed by atoms with Gasteiger partial charge in [-0.25, -0.2) is 0 Å². The Morgan fingerprint density at radius 3 is 1.38 bits per heavy atom. The second-order valence-electron chi connectivity index (χ2n) is 0.964. The van der Waals surface area contributed by atoms with E-state index in [4.69, 9.17) is 10.2 Å². The van der Waals surface area contributed by atoms with E-state index in [1.165, 1.54) is 0 Å². The zero-order valence-corrected chi connectivity index (χ0v) is 4.88. The van der Waals surface area contributed by atoms with Crippen LogP contribution < -0.4 is 0 Å². The van der Waals surface area contributed by atoms with Gasteiger partial charge in [-0.05, 0) is 0 Å². The molecule has 0 amide bonds. The quantitative estimate of drug-likeness (QED) is 0.423. The minimum Gasteiger partial charge on any atom is -0.481 e. The smallest absolute Gasteiger partial charge is 0.314 e. The predicted octanol–water partition coefficient (Wildman–Crippen LogP) is -0.457. The summed E-state index contributed by atoms with van der Waals surface area (Å²) in [4.78, 5) is 18.9. The molecule has 0 saturated heterocycles. The van der Waals surface area contributed by atoms with Crippen molar-refractivity contribution in [3.8, 4) is 0 Å². The Morgan fingerprint density at radius 2 is 1.38 bits per heavy atom. The molecule has 0 unspecified atom stereocenters. The first kappa shape index (κ1) is 10.4. The summed E-state index contributed by atoms with van der Waals surface area (Å²) >= 11 is 0. The SMILES string of the molecule is O=C(O)CC(=O)O.[Fe]. The van der Waals surface area contributed by atoms with Crippen LogP contribution in [0.2, 0.25) is 0 Å². The van der Waals surface area contributed by atoms with Gasteiger partial charge in [-0.2, -0.15) is 0 Å². The molecule has 4 nitrogen and oxygen atoms in total. The molecule has 0 aliphatic carbocycles. The zero-order valence-electron chi connectivity index (χ0n) is 3.77. The largest absolute Gasteiger partial charge is 0.481 e. The van der Waals surface area contributed by atoms with E-state index in [1.54, 1.807) is 0 Å². The minimum atomic E-state index is -1.31. The van der Waals surface area contributed by atoms with Crippen molar-refractivity contribution in [2.45, 2.75) is 6.42 Å². The van der Waals surface area contributed by atoms with Crippen LogP contribution in [0.5, 0.6) is 0 Å². The molecule has 0 radical (unpaired) electrons. The summed E-state index contributed by atoms with van der Waals surface area (Å²) in [6.45, 7) is 0. The van der Waals surface area contributed by atoms with Crippen molar-refractivity contribution in [2.75, 3.05) is 0 Å². The molecule has 2 N–H and O–H groups in total. The molecule has 0 aromatic heterocycles. The molecule has 0 atom stereocenters. The molecule has 0 heterocycles. The third-order valence-corrected chi connectivity index (χ3v) is 0.302. The Hall–Kier alpha value is -0.541. The summed E-state index contributed by atoms with van der Waals surface area (Å²) in [5.74, 6) is -2.62. The van der Waals surface area contributed by atoms with Crippen molar-refractivity contribution in [3.63, 3.8) is 0 Å². The molecule has 0 aromatic rings. The normalized spacial score (nSPS) is 7.00. The number of hydrogen-bond acceptors (Lipinski definition) is 2. The second kappa shape index (κ2) is 4.61. The number of hydrogen-bond donors (Lipinski definition) is 2. The summed E-state index contributed by atoms with van der Waals surface area (Å²) in [5.41, 5.74) is 0. The van der Waals surface area contributed by atoms with Crippen LogP contribution in [-0.2, 0) is 26.7 Å². The van der Waals surface area contributed by atoms with Gasteiger partial charge in [0, 0.05) is 17.1 Å². The zero-order chi connectivity index (χ0) is 5.86. The van der Waals surface area contributed by atoms with Crippen molar-refractivity contribution in [1.82, 2.24) is 0 Å². The molecular weight excluding hydrogens is 156 g/mol. The average molecular weight is 160 g/mol. The van der Waals surface area contributed by atoms with E-state index < -0.39 is 18.4 Å². The molecule has 0 aromatic carbocycles. The van der Waals surface area contributed by atoms with Gasteiger partial charge in [0.25, 0.3) is 0 Å². The maximum Gasteiger partial charge on any atom is 0.314 e. The van der Waals surface area contributed by atoms with Crippen LogP contribution >= 0.6 is 0 Å². The first-order valence-electron chi connectivity index (χ1n) is 1.56. The minimum absolute atomic E-state index is 0. The first-order valence-corrected chi connectivity index (χ1v) is 1.56. The summed E-state index contributed by atoms with van der Waals surface area (Å²) in [6, 6.07) is 0. The van der Waals surface area contributed by atoms with Crippen LogP contribution in [0.25, 0.3) is 0 Å².